The minimum absolute atomic E-state index is 0.00689. The maximum atomic E-state index is 12.7. The van der Waals surface area contributed by atoms with Crippen molar-refractivity contribution < 1.29 is 14.3 Å². The third-order valence-electron chi connectivity index (χ3n) is 5.55. The average Bonchev–Trinajstić information content (AvgIpc) is 3.03. The van der Waals surface area contributed by atoms with Gasteiger partial charge in [-0.15, -0.1) is 0 Å². The number of rotatable bonds is 4. The fourth-order valence-corrected chi connectivity index (χ4v) is 4.24. The highest BCUT2D eigenvalue weighted by molar-refractivity contribution is 5.97. The number of aromatic nitrogens is 1. The van der Waals surface area contributed by atoms with E-state index < -0.39 is 0 Å². The molecule has 1 saturated heterocycles. The fourth-order valence-electron chi connectivity index (χ4n) is 4.24. The number of hydrogen-bond donors (Lipinski definition) is 2. The second kappa shape index (κ2) is 6.28. The Morgan fingerprint density at radius 3 is 3.08 bits per heavy atom. The highest BCUT2D eigenvalue weighted by Crippen LogP contribution is 2.43. The fraction of sp³-hybridized carbons (Fsp3) is 0.474. The molecule has 2 N–H and O–H groups in total. The Morgan fingerprint density at radius 2 is 2.28 bits per heavy atom. The normalized spacial score (nSPS) is 27.8. The lowest BCUT2D eigenvalue weighted by molar-refractivity contribution is -0.0809. The summed E-state index contributed by atoms with van der Waals surface area (Å²) >= 11 is 0. The van der Waals surface area contributed by atoms with Crippen molar-refractivity contribution in [3.8, 4) is 0 Å². The number of ether oxygens (including phenoxy) is 2. The summed E-state index contributed by atoms with van der Waals surface area (Å²) in [5.74, 6) is 0.121. The lowest BCUT2D eigenvalue weighted by Gasteiger charge is -2.47. The SMILES string of the molecule is COC[C@H]1[C@@H](NC(=O)c2c[nH]c3c(C)cccc3c2=O)[C@@H]2CCO[C@@H]21. The first-order chi connectivity index (χ1) is 12.1. The topological polar surface area (TPSA) is 80.4 Å². The van der Waals surface area contributed by atoms with E-state index in [2.05, 4.69) is 10.3 Å². The zero-order valence-corrected chi connectivity index (χ0v) is 14.4. The Kier molecular flexibility index (Phi) is 4.09. The van der Waals surface area contributed by atoms with E-state index in [1.165, 1.54) is 6.20 Å². The largest absolute Gasteiger partial charge is 0.384 e. The minimum Gasteiger partial charge on any atom is -0.384 e. The zero-order valence-electron chi connectivity index (χ0n) is 14.4. The van der Waals surface area contributed by atoms with Crippen molar-refractivity contribution in [2.45, 2.75) is 25.5 Å². The van der Waals surface area contributed by atoms with Gasteiger partial charge in [0.1, 0.15) is 5.56 Å². The van der Waals surface area contributed by atoms with Crippen LogP contribution in [0.15, 0.2) is 29.2 Å². The summed E-state index contributed by atoms with van der Waals surface area (Å²) in [6.45, 7) is 3.19. The molecule has 2 aromatic rings. The number of carbonyl (C=O) groups excluding carboxylic acids is 1. The van der Waals surface area contributed by atoms with Gasteiger partial charge in [-0.25, -0.2) is 0 Å². The number of hydrogen-bond acceptors (Lipinski definition) is 4. The molecule has 1 saturated carbocycles. The van der Waals surface area contributed by atoms with Gasteiger partial charge in [-0.3, -0.25) is 9.59 Å². The molecule has 4 rings (SSSR count). The van der Waals surface area contributed by atoms with E-state index in [9.17, 15) is 9.59 Å². The van der Waals surface area contributed by atoms with Gasteiger partial charge in [0.05, 0.1) is 18.2 Å². The molecule has 2 heterocycles. The molecule has 1 aliphatic carbocycles. The Labute approximate surface area is 145 Å². The molecule has 1 aromatic carbocycles. The van der Waals surface area contributed by atoms with Gasteiger partial charge in [0.15, 0.2) is 0 Å². The molecular formula is C19H22N2O4. The van der Waals surface area contributed by atoms with Crippen LogP contribution in [0.3, 0.4) is 0 Å². The van der Waals surface area contributed by atoms with E-state index in [0.29, 0.717) is 17.9 Å². The number of para-hydroxylation sites is 1. The van der Waals surface area contributed by atoms with Crippen molar-refractivity contribution in [1.29, 1.82) is 0 Å². The van der Waals surface area contributed by atoms with Gasteiger partial charge in [0.2, 0.25) is 5.43 Å². The second-order valence-corrected chi connectivity index (χ2v) is 6.94. The van der Waals surface area contributed by atoms with Gasteiger partial charge in [0.25, 0.3) is 5.91 Å². The lowest BCUT2D eigenvalue weighted by atomic mass is 9.67. The number of pyridine rings is 1. The number of benzene rings is 1. The first kappa shape index (κ1) is 16.3. The van der Waals surface area contributed by atoms with Gasteiger partial charge in [-0.05, 0) is 25.0 Å². The van der Waals surface area contributed by atoms with Gasteiger partial charge in [-0.1, -0.05) is 12.1 Å². The number of methoxy groups -OCH3 is 1. The van der Waals surface area contributed by atoms with Crippen molar-refractivity contribution in [3.05, 3.63) is 45.7 Å². The molecule has 1 aromatic heterocycles. The first-order valence-electron chi connectivity index (χ1n) is 8.64. The molecule has 0 spiro atoms. The van der Waals surface area contributed by atoms with Crippen molar-refractivity contribution in [1.82, 2.24) is 10.3 Å². The van der Waals surface area contributed by atoms with Crippen LogP contribution in [-0.2, 0) is 9.47 Å². The summed E-state index contributed by atoms with van der Waals surface area (Å²) in [5, 5.41) is 3.58. The molecule has 0 radical (unpaired) electrons. The molecule has 132 valence electrons. The standard InChI is InChI=1S/C19H22N2O4/c1-10-4-3-5-11-15(10)20-8-13(17(11)22)19(23)21-16-12-6-7-25-18(12)14(16)9-24-2/h3-5,8,12,14,16,18H,6-7,9H2,1-2H3,(H,20,22)(H,21,23)/t12-,14-,16-,18-/m0/s1. The molecule has 4 atom stereocenters. The zero-order chi connectivity index (χ0) is 17.6. The van der Waals surface area contributed by atoms with E-state index in [1.807, 2.05) is 19.1 Å². The lowest BCUT2D eigenvalue weighted by Crippen LogP contribution is -2.63. The summed E-state index contributed by atoms with van der Waals surface area (Å²) in [6.07, 6.45) is 2.60. The first-order valence-corrected chi connectivity index (χ1v) is 8.64. The van der Waals surface area contributed by atoms with Gasteiger partial charge < -0.3 is 19.8 Å². The van der Waals surface area contributed by atoms with Crippen LogP contribution < -0.4 is 10.7 Å². The number of aryl methyl sites for hydroxylation is 1. The number of nitrogens with one attached hydrogen (secondary N) is 2. The van der Waals surface area contributed by atoms with Crippen LogP contribution in [0.5, 0.6) is 0 Å². The van der Waals surface area contributed by atoms with Crippen LogP contribution in [0, 0.1) is 18.8 Å². The summed E-state index contributed by atoms with van der Waals surface area (Å²) in [4.78, 5) is 28.5. The maximum absolute atomic E-state index is 12.7. The summed E-state index contributed by atoms with van der Waals surface area (Å²) < 4.78 is 11.0. The number of aromatic amines is 1. The molecule has 1 amide bonds. The van der Waals surface area contributed by atoms with E-state index >= 15 is 0 Å². The molecule has 2 aliphatic rings. The predicted molar refractivity (Wildman–Crippen MR) is 93.8 cm³/mol. The predicted octanol–water partition coefficient (Wildman–Crippen LogP) is 1.62. The Balaban J connectivity index is 1.60. The molecule has 2 fully saturated rings. The third kappa shape index (κ3) is 2.56. The quantitative estimate of drug-likeness (QED) is 0.885. The molecule has 0 unspecified atom stereocenters. The molecule has 25 heavy (non-hydrogen) atoms. The van der Waals surface area contributed by atoms with Crippen LogP contribution in [0.4, 0.5) is 0 Å². The summed E-state index contributed by atoms with van der Waals surface area (Å²) in [5.41, 5.74) is 1.66. The molecule has 6 heteroatoms. The minimum atomic E-state index is -0.332. The van der Waals surface area contributed by atoms with Crippen molar-refractivity contribution in [3.63, 3.8) is 0 Å². The monoisotopic (exact) mass is 342 g/mol. The van der Waals surface area contributed by atoms with Crippen molar-refractivity contribution in [2.24, 2.45) is 11.8 Å². The van der Waals surface area contributed by atoms with Crippen LogP contribution in [0.2, 0.25) is 0 Å². The molecular weight excluding hydrogens is 320 g/mol. The van der Waals surface area contributed by atoms with Crippen LogP contribution in [-0.4, -0.2) is 43.4 Å². The van der Waals surface area contributed by atoms with Gasteiger partial charge in [0, 0.05) is 43.2 Å². The van der Waals surface area contributed by atoms with E-state index in [-0.39, 0.29) is 35.0 Å². The highest BCUT2D eigenvalue weighted by Gasteiger charge is 2.54. The number of fused-ring (bicyclic) bond motifs is 2. The Bertz CT molecular complexity index is 875. The smallest absolute Gasteiger partial charge is 0.257 e. The molecule has 1 aliphatic heterocycles. The van der Waals surface area contributed by atoms with E-state index in [0.717, 1.165) is 24.1 Å². The highest BCUT2D eigenvalue weighted by atomic mass is 16.5. The number of H-pyrrole nitrogens is 1. The average molecular weight is 342 g/mol. The Hall–Kier alpha value is -2.18. The van der Waals surface area contributed by atoms with Crippen molar-refractivity contribution >= 4 is 16.8 Å². The maximum Gasteiger partial charge on any atom is 0.257 e. The summed E-state index contributed by atoms with van der Waals surface area (Å²) in [6, 6.07) is 5.50. The molecule has 6 nitrogen and oxygen atoms in total. The van der Waals surface area contributed by atoms with Crippen LogP contribution >= 0.6 is 0 Å². The number of carbonyl (C=O) groups is 1. The van der Waals surface area contributed by atoms with Crippen molar-refractivity contribution in [2.75, 3.05) is 20.3 Å². The summed E-state index contributed by atoms with van der Waals surface area (Å²) in [7, 11) is 1.65. The van der Waals surface area contributed by atoms with E-state index in [1.54, 1.807) is 13.2 Å². The molecule has 0 bridgehead atoms. The van der Waals surface area contributed by atoms with Crippen LogP contribution in [0.1, 0.15) is 22.3 Å². The van der Waals surface area contributed by atoms with Gasteiger partial charge in [-0.2, -0.15) is 0 Å². The number of amides is 1. The van der Waals surface area contributed by atoms with Gasteiger partial charge >= 0.3 is 0 Å². The second-order valence-electron chi connectivity index (χ2n) is 6.94. The Morgan fingerprint density at radius 1 is 1.44 bits per heavy atom. The van der Waals surface area contributed by atoms with E-state index in [4.69, 9.17) is 9.47 Å². The third-order valence-corrected chi connectivity index (χ3v) is 5.55. The van der Waals surface area contributed by atoms with Crippen LogP contribution in [0.25, 0.3) is 10.9 Å².